The number of nitrogens with zero attached hydrogens (tertiary/aromatic N) is 2. The standard InChI is InChI=1S/C22H29N5.HI/c1-23-22(26-16-21(27(2)3)17-9-5-4-6-10-17)24-14-13-18-15-25-20-12-8-7-11-19(18)20;/h4-12,15,21,25H,13-14,16H2,1-3H3,(H2,23,24,26);1H. The zero-order chi connectivity index (χ0) is 19.1. The first kappa shape index (κ1) is 22.2. The van der Waals surface area contributed by atoms with E-state index in [0.717, 1.165) is 25.5 Å². The number of guanidine groups is 1. The summed E-state index contributed by atoms with van der Waals surface area (Å²) in [5.74, 6) is 0.831. The van der Waals surface area contributed by atoms with Crippen LogP contribution in [0.25, 0.3) is 10.9 Å². The van der Waals surface area contributed by atoms with Gasteiger partial charge in [0.15, 0.2) is 5.96 Å². The molecule has 5 nitrogen and oxygen atoms in total. The molecule has 3 N–H and O–H groups in total. The normalized spacial score (nSPS) is 12.6. The Morgan fingerprint density at radius 1 is 1.04 bits per heavy atom. The quantitative estimate of drug-likeness (QED) is 0.268. The van der Waals surface area contributed by atoms with Gasteiger partial charge in [0.05, 0.1) is 6.04 Å². The van der Waals surface area contributed by atoms with Crippen molar-refractivity contribution in [2.45, 2.75) is 12.5 Å². The number of benzene rings is 2. The van der Waals surface area contributed by atoms with Gasteiger partial charge in [0.1, 0.15) is 0 Å². The average Bonchev–Trinajstić information content (AvgIpc) is 3.10. The van der Waals surface area contributed by atoms with Crippen molar-refractivity contribution in [2.24, 2.45) is 4.99 Å². The second-order valence-electron chi connectivity index (χ2n) is 6.88. The number of halogens is 1. The first-order valence-electron chi connectivity index (χ1n) is 9.40. The Bertz CT molecular complexity index is 873. The Labute approximate surface area is 184 Å². The molecule has 0 saturated heterocycles. The first-order valence-corrected chi connectivity index (χ1v) is 9.40. The number of likely N-dealkylation sites (N-methyl/N-ethyl adjacent to an activating group) is 1. The van der Waals surface area contributed by atoms with Crippen LogP contribution in [-0.2, 0) is 6.42 Å². The maximum Gasteiger partial charge on any atom is 0.191 e. The molecule has 0 bridgehead atoms. The molecule has 3 rings (SSSR count). The maximum absolute atomic E-state index is 4.36. The van der Waals surface area contributed by atoms with Crippen LogP contribution in [0.5, 0.6) is 0 Å². The maximum atomic E-state index is 4.36. The minimum atomic E-state index is 0. The lowest BCUT2D eigenvalue weighted by Gasteiger charge is -2.26. The topological polar surface area (TPSA) is 55.5 Å². The fourth-order valence-corrected chi connectivity index (χ4v) is 3.34. The van der Waals surface area contributed by atoms with Gasteiger partial charge in [-0.15, -0.1) is 24.0 Å². The van der Waals surface area contributed by atoms with Gasteiger partial charge in [-0.1, -0.05) is 48.5 Å². The molecule has 1 aromatic heterocycles. The SMILES string of the molecule is CN=C(NCCc1c[nH]c2ccccc12)NCC(c1ccccc1)N(C)C.I. The molecular weight excluding hydrogens is 461 g/mol. The van der Waals surface area contributed by atoms with E-state index >= 15 is 0 Å². The van der Waals surface area contributed by atoms with Crippen molar-refractivity contribution in [2.75, 3.05) is 34.2 Å². The number of aromatic nitrogens is 1. The van der Waals surface area contributed by atoms with E-state index in [-0.39, 0.29) is 24.0 Å². The van der Waals surface area contributed by atoms with Gasteiger partial charge in [-0.25, -0.2) is 0 Å². The van der Waals surface area contributed by atoms with E-state index in [0.29, 0.717) is 6.04 Å². The summed E-state index contributed by atoms with van der Waals surface area (Å²) in [5, 5.41) is 8.17. The van der Waals surface area contributed by atoms with E-state index in [2.05, 4.69) is 100 Å². The molecule has 0 spiro atoms. The van der Waals surface area contributed by atoms with Gasteiger partial charge in [0, 0.05) is 37.2 Å². The summed E-state index contributed by atoms with van der Waals surface area (Å²) in [6.45, 7) is 1.63. The van der Waals surface area contributed by atoms with Crippen molar-refractivity contribution in [3.05, 3.63) is 71.9 Å². The van der Waals surface area contributed by atoms with Crippen LogP contribution in [0.3, 0.4) is 0 Å². The molecule has 1 atom stereocenters. The third-order valence-corrected chi connectivity index (χ3v) is 4.86. The Balaban J connectivity index is 0.00000280. The second-order valence-corrected chi connectivity index (χ2v) is 6.88. The summed E-state index contributed by atoms with van der Waals surface area (Å²) in [7, 11) is 6.02. The van der Waals surface area contributed by atoms with E-state index in [1.807, 2.05) is 7.05 Å². The van der Waals surface area contributed by atoms with Crippen molar-refractivity contribution in [1.29, 1.82) is 0 Å². The molecule has 1 unspecified atom stereocenters. The van der Waals surface area contributed by atoms with Crippen LogP contribution in [0, 0.1) is 0 Å². The zero-order valence-electron chi connectivity index (χ0n) is 16.8. The molecule has 0 aliphatic rings. The molecule has 1 heterocycles. The molecule has 6 heteroatoms. The highest BCUT2D eigenvalue weighted by atomic mass is 127. The third-order valence-electron chi connectivity index (χ3n) is 4.86. The van der Waals surface area contributed by atoms with Gasteiger partial charge in [0.25, 0.3) is 0 Å². The fourth-order valence-electron chi connectivity index (χ4n) is 3.34. The predicted molar refractivity (Wildman–Crippen MR) is 130 cm³/mol. The van der Waals surface area contributed by atoms with Crippen LogP contribution in [0.1, 0.15) is 17.2 Å². The smallest absolute Gasteiger partial charge is 0.191 e. The summed E-state index contributed by atoms with van der Waals surface area (Å²) < 4.78 is 0. The van der Waals surface area contributed by atoms with Crippen LogP contribution in [0.15, 0.2) is 65.8 Å². The zero-order valence-corrected chi connectivity index (χ0v) is 19.1. The summed E-state index contributed by atoms with van der Waals surface area (Å²) in [4.78, 5) is 9.92. The molecule has 3 aromatic rings. The molecule has 0 radical (unpaired) electrons. The van der Waals surface area contributed by atoms with Gasteiger partial charge < -0.3 is 20.5 Å². The molecule has 0 amide bonds. The Morgan fingerprint density at radius 2 is 1.75 bits per heavy atom. The third kappa shape index (κ3) is 5.72. The lowest BCUT2D eigenvalue weighted by Crippen LogP contribution is -2.42. The largest absolute Gasteiger partial charge is 0.361 e. The first-order chi connectivity index (χ1) is 13.2. The van der Waals surface area contributed by atoms with Crippen molar-refractivity contribution in [3.63, 3.8) is 0 Å². The van der Waals surface area contributed by atoms with Gasteiger partial charge >= 0.3 is 0 Å². The Morgan fingerprint density at radius 3 is 2.46 bits per heavy atom. The van der Waals surface area contributed by atoms with Crippen molar-refractivity contribution in [3.8, 4) is 0 Å². The van der Waals surface area contributed by atoms with E-state index in [1.165, 1.54) is 22.0 Å². The minimum Gasteiger partial charge on any atom is -0.361 e. The van der Waals surface area contributed by atoms with E-state index in [4.69, 9.17) is 0 Å². The minimum absolute atomic E-state index is 0. The van der Waals surface area contributed by atoms with Crippen LogP contribution in [0.4, 0.5) is 0 Å². The van der Waals surface area contributed by atoms with Crippen molar-refractivity contribution in [1.82, 2.24) is 20.5 Å². The molecule has 150 valence electrons. The van der Waals surface area contributed by atoms with Gasteiger partial charge in [-0.3, -0.25) is 4.99 Å². The summed E-state index contributed by atoms with van der Waals surface area (Å²) >= 11 is 0. The average molecular weight is 491 g/mol. The lowest BCUT2D eigenvalue weighted by atomic mass is 10.1. The van der Waals surface area contributed by atoms with Crippen LogP contribution in [-0.4, -0.2) is 50.1 Å². The van der Waals surface area contributed by atoms with Crippen LogP contribution >= 0.6 is 24.0 Å². The van der Waals surface area contributed by atoms with Crippen molar-refractivity contribution < 1.29 is 0 Å². The highest BCUT2D eigenvalue weighted by Gasteiger charge is 2.14. The molecule has 0 fully saturated rings. The molecule has 0 aliphatic carbocycles. The molecule has 0 saturated carbocycles. The van der Waals surface area contributed by atoms with Crippen molar-refractivity contribution >= 4 is 40.8 Å². The van der Waals surface area contributed by atoms with E-state index in [9.17, 15) is 0 Å². The number of H-pyrrole nitrogens is 1. The molecule has 0 aliphatic heterocycles. The number of hydrogen-bond donors (Lipinski definition) is 3. The molecule has 28 heavy (non-hydrogen) atoms. The number of hydrogen-bond acceptors (Lipinski definition) is 2. The Kier molecular flexibility index (Phi) is 8.79. The number of para-hydroxylation sites is 1. The second kappa shape index (κ2) is 11.1. The Hall–Kier alpha value is -2.06. The van der Waals surface area contributed by atoms with Crippen LogP contribution in [0.2, 0.25) is 0 Å². The van der Waals surface area contributed by atoms with Crippen LogP contribution < -0.4 is 10.6 Å². The van der Waals surface area contributed by atoms with Gasteiger partial charge in [0.2, 0.25) is 0 Å². The van der Waals surface area contributed by atoms with Gasteiger partial charge in [-0.2, -0.15) is 0 Å². The molecule has 2 aromatic carbocycles. The highest BCUT2D eigenvalue weighted by Crippen LogP contribution is 2.18. The fraction of sp³-hybridized carbons (Fsp3) is 0.318. The number of aromatic amines is 1. The van der Waals surface area contributed by atoms with E-state index in [1.54, 1.807) is 0 Å². The number of rotatable bonds is 7. The van der Waals surface area contributed by atoms with E-state index < -0.39 is 0 Å². The van der Waals surface area contributed by atoms with Gasteiger partial charge in [-0.05, 0) is 37.7 Å². The number of nitrogens with one attached hydrogen (secondary N) is 3. The lowest BCUT2D eigenvalue weighted by molar-refractivity contribution is 0.298. The summed E-state index contributed by atoms with van der Waals surface area (Å²) in [6, 6.07) is 19.2. The number of aliphatic imine (C=N–C) groups is 1. The molecular formula is C22H30IN5. The number of fused-ring (bicyclic) bond motifs is 1. The summed E-state index contributed by atoms with van der Waals surface area (Å²) in [5.41, 5.74) is 3.81. The predicted octanol–water partition coefficient (Wildman–Crippen LogP) is 3.80. The summed E-state index contributed by atoms with van der Waals surface area (Å²) in [6.07, 6.45) is 3.04. The highest BCUT2D eigenvalue weighted by molar-refractivity contribution is 14.0. The monoisotopic (exact) mass is 491 g/mol.